The minimum atomic E-state index is -0.759. The van der Waals surface area contributed by atoms with Gasteiger partial charge in [0.1, 0.15) is 12.4 Å². The third-order valence-corrected chi connectivity index (χ3v) is 1.77. The second kappa shape index (κ2) is 5.83. The van der Waals surface area contributed by atoms with E-state index in [2.05, 4.69) is 15.3 Å². The molecule has 0 fully saturated rings. The minimum Gasteiger partial charge on any atom is -0.333 e. The first kappa shape index (κ1) is 12.1. The van der Waals surface area contributed by atoms with Gasteiger partial charge >= 0.3 is 0 Å². The van der Waals surface area contributed by atoms with Crippen LogP contribution >= 0.6 is 11.6 Å². The van der Waals surface area contributed by atoms with Gasteiger partial charge in [-0.2, -0.15) is 5.26 Å². The Balaban J connectivity index is 2.72. The summed E-state index contributed by atoms with van der Waals surface area (Å²) in [6.45, 7) is 1.63. The number of hydrogen-bond acceptors (Lipinski definition) is 4. The summed E-state index contributed by atoms with van der Waals surface area (Å²) >= 11 is 5.61. The Hall–Kier alpha value is -1.93. The Morgan fingerprint density at radius 3 is 2.75 bits per heavy atom. The maximum atomic E-state index is 11.6. The Labute approximate surface area is 97.8 Å². The van der Waals surface area contributed by atoms with Crippen molar-refractivity contribution in [3.8, 4) is 6.07 Å². The highest BCUT2D eigenvalue weighted by atomic mass is 35.5. The number of rotatable bonds is 3. The first-order valence-electron chi connectivity index (χ1n) is 4.43. The van der Waals surface area contributed by atoms with E-state index in [4.69, 9.17) is 16.9 Å². The summed E-state index contributed by atoms with van der Waals surface area (Å²) < 4.78 is 0. The molecule has 0 aliphatic rings. The van der Waals surface area contributed by atoms with E-state index in [0.29, 0.717) is 10.6 Å². The molecule has 5 nitrogen and oxygen atoms in total. The van der Waals surface area contributed by atoms with E-state index in [1.807, 2.05) is 6.07 Å². The second-order valence-corrected chi connectivity index (χ2v) is 3.56. The van der Waals surface area contributed by atoms with E-state index in [0.717, 1.165) is 0 Å². The van der Waals surface area contributed by atoms with Crippen LogP contribution in [-0.4, -0.2) is 21.9 Å². The highest BCUT2D eigenvalue weighted by molar-refractivity contribution is 6.29. The Morgan fingerprint density at radius 2 is 2.25 bits per heavy atom. The van der Waals surface area contributed by atoms with Crippen LogP contribution in [0.15, 0.2) is 29.8 Å². The van der Waals surface area contributed by atoms with E-state index in [-0.39, 0.29) is 0 Å². The standard InChI is InChI=1S/C10H9ClN4O/c1-7(11)2-9(3-12)15-10(16)8-4-13-6-14-5-8/h2,4-6,9H,1H3,(H,15,16)/b7-2-/t9-/m0/s1. The minimum absolute atomic E-state index is 0.295. The van der Waals surface area contributed by atoms with Crippen LogP contribution < -0.4 is 5.32 Å². The Morgan fingerprint density at radius 1 is 1.62 bits per heavy atom. The van der Waals surface area contributed by atoms with Gasteiger partial charge in [0.05, 0.1) is 11.6 Å². The normalized spacial score (nSPS) is 12.7. The van der Waals surface area contributed by atoms with E-state index in [1.165, 1.54) is 24.8 Å². The maximum absolute atomic E-state index is 11.6. The molecule has 0 aliphatic carbocycles. The fourth-order valence-corrected chi connectivity index (χ4v) is 1.11. The van der Waals surface area contributed by atoms with Gasteiger partial charge < -0.3 is 5.32 Å². The molecule has 1 atom stereocenters. The van der Waals surface area contributed by atoms with Gasteiger partial charge in [-0.3, -0.25) is 4.79 Å². The average Bonchev–Trinajstić information content (AvgIpc) is 2.28. The van der Waals surface area contributed by atoms with Crippen LogP contribution in [-0.2, 0) is 0 Å². The zero-order chi connectivity index (χ0) is 12.0. The summed E-state index contributed by atoms with van der Waals surface area (Å²) in [5, 5.41) is 11.7. The third kappa shape index (κ3) is 3.67. The quantitative estimate of drug-likeness (QED) is 0.857. The van der Waals surface area contributed by atoms with Crippen LogP contribution in [0.5, 0.6) is 0 Å². The van der Waals surface area contributed by atoms with Crippen molar-refractivity contribution in [3.05, 3.63) is 35.4 Å². The van der Waals surface area contributed by atoms with Gasteiger partial charge in [0.15, 0.2) is 0 Å². The molecule has 0 saturated carbocycles. The first-order valence-corrected chi connectivity index (χ1v) is 4.80. The maximum Gasteiger partial charge on any atom is 0.255 e. The van der Waals surface area contributed by atoms with Crippen LogP contribution in [0.4, 0.5) is 0 Å². The summed E-state index contributed by atoms with van der Waals surface area (Å²) in [7, 11) is 0. The van der Waals surface area contributed by atoms with Crippen molar-refractivity contribution in [3.63, 3.8) is 0 Å². The Kier molecular flexibility index (Phi) is 4.42. The van der Waals surface area contributed by atoms with Crippen molar-refractivity contribution in [1.82, 2.24) is 15.3 Å². The number of aromatic nitrogens is 2. The van der Waals surface area contributed by atoms with Crippen molar-refractivity contribution in [2.45, 2.75) is 13.0 Å². The predicted molar refractivity (Wildman–Crippen MR) is 58.5 cm³/mol. The lowest BCUT2D eigenvalue weighted by Gasteiger charge is -2.06. The molecule has 0 aliphatic heterocycles. The molecule has 1 aromatic rings. The lowest BCUT2D eigenvalue weighted by molar-refractivity contribution is 0.0950. The Bertz CT molecular complexity index is 434. The summed E-state index contributed by atoms with van der Waals surface area (Å²) in [5.74, 6) is -0.415. The topological polar surface area (TPSA) is 78.7 Å². The van der Waals surface area contributed by atoms with E-state index in [9.17, 15) is 4.79 Å². The molecule has 1 amide bonds. The smallest absolute Gasteiger partial charge is 0.255 e. The number of nitriles is 1. The number of halogens is 1. The van der Waals surface area contributed by atoms with Gasteiger partial charge in [-0.25, -0.2) is 9.97 Å². The van der Waals surface area contributed by atoms with Crippen LogP contribution in [0.2, 0.25) is 0 Å². The number of carbonyl (C=O) groups excluding carboxylic acids is 1. The SMILES string of the molecule is C/C(Cl)=C/[C@@H](C#N)NC(=O)c1cncnc1. The monoisotopic (exact) mass is 236 g/mol. The van der Waals surface area contributed by atoms with Crippen LogP contribution in [0.25, 0.3) is 0 Å². The molecular formula is C10H9ClN4O. The zero-order valence-corrected chi connectivity index (χ0v) is 9.27. The number of nitrogens with one attached hydrogen (secondary N) is 1. The lowest BCUT2D eigenvalue weighted by atomic mass is 10.2. The summed E-state index contributed by atoms with van der Waals surface area (Å²) in [5.41, 5.74) is 0.295. The van der Waals surface area contributed by atoms with Crippen LogP contribution in [0.3, 0.4) is 0 Å². The van der Waals surface area contributed by atoms with Gasteiger partial charge in [0.25, 0.3) is 5.91 Å². The second-order valence-electron chi connectivity index (χ2n) is 2.96. The molecule has 0 spiro atoms. The number of hydrogen-bond donors (Lipinski definition) is 1. The number of nitrogens with zero attached hydrogens (tertiary/aromatic N) is 3. The summed E-state index contributed by atoms with van der Waals surface area (Å²) in [6, 6.07) is 1.14. The van der Waals surface area contributed by atoms with Gasteiger partial charge in [-0.1, -0.05) is 11.6 Å². The molecule has 1 heterocycles. The zero-order valence-electron chi connectivity index (χ0n) is 8.51. The molecule has 16 heavy (non-hydrogen) atoms. The highest BCUT2D eigenvalue weighted by Crippen LogP contribution is 2.01. The fraction of sp³-hybridized carbons (Fsp3) is 0.200. The van der Waals surface area contributed by atoms with Gasteiger partial charge in [-0.15, -0.1) is 0 Å². The van der Waals surface area contributed by atoms with Crippen molar-refractivity contribution >= 4 is 17.5 Å². The molecule has 0 aromatic carbocycles. The van der Waals surface area contributed by atoms with Crippen molar-refractivity contribution < 1.29 is 4.79 Å². The van der Waals surface area contributed by atoms with Crippen molar-refractivity contribution in [1.29, 1.82) is 5.26 Å². The fourth-order valence-electron chi connectivity index (χ4n) is 0.982. The molecule has 1 aromatic heterocycles. The number of allylic oxidation sites excluding steroid dienone is 1. The van der Waals surface area contributed by atoms with Gasteiger partial charge in [0.2, 0.25) is 0 Å². The summed E-state index contributed by atoms with van der Waals surface area (Å²) in [6.07, 6.45) is 5.51. The molecule has 0 radical (unpaired) electrons. The molecule has 0 saturated heterocycles. The van der Waals surface area contributed by atoms with Gasteiger partial charge in [0, 0.05) is 17.4 Å². The molecule has 6 heteroatoms. The largest absolute Gasteiger partial charge is 0.333 e. The molecular weight excluding hydrogens is 228 g/mol. The van der Waals surface area contributed by atoms with Crippen LogP contribution in [0.1, 0.15) is 17.3 Å². The lowest BCUT2D eigenvalue weighted by Crippen LogP contribution is -2.32. The van der Waals surface area contributed by atoms with Gasteiger partial charge in [-0.05, 0) is 13.0 Å². The highest BCUT2D eigenvalue weighted by Gasteiger charge is 2.11. The van der Waals surface area contributed by atoms with Crippen molar-refractivity contribution in [2.24, 2.45) is 0 Å². The number of amides is 1. The van der Waals surface area contributed by atoms with Crippen LogP contribution in [0, 0.1) is 11.3 Å². The molecule has 1 N–H and O–H groups in total. The van der Waals surface area contributed by atoms with E-state index in [1.54, 1.807) is 6.92 Å². The molecule has 1 rings (SSSR count). The molecule has 82 valence electrons. The number of carbonyl (C=O) groups is 1. The summed E-state index contributed by atoms with van der Waals surface area (Å²) in [4.78, 5) is 19.0. The predicted octanol–water partition coefficient (Wildman–Crippen LogP) is 1.24. The third-order valence-electron chi connectivity index (χ3n) is 1.64. The molecule has 0 unspecified atom stereocenters. The van der Waals surface area contributed by atoms with Crippen molar-refractivity contribution in [2.75, 3.05) is 0 Å². The average molecular weight is 237 g/mol. The first-order chi connectivity index (χ1) is 7.63. The van der Waals surface area contributed by atoms with E-state index < -0.39 is 11.9 Å². The molecule has 0 bridgehead atoms. The van der Waals surface area contributed by atoms with E-state index >= 15 is 0 Å².